The van der Waals surface area contributed by atoms with Crippen molar-refractivity contribution < 1.29 is 80.2 Å². The summed E-state index contributed by atoms with van der Waals surface area (Å²) in [5.74, 6) is -2.32. The topological polar surface area (TPSA) is 237 Å². The summed E-state index contributed by atoms with van der Waals surface area (Å²) in [4.78, 5) is 73.1. The summed E-state index contributed by atoms with van der Waals surface area (Å²) in [5, 5.41) is 10.7. The van der Waals surface area contributed by atoms with Gasteiger partial charge in [0.25, 0.3) is 0 Å². The van der Waals surface area contributed by atoms with Gasteiger partial charge in [0.15, 0.2) is 12.2 Å². The number of aliphatic hydroxyl groups is 1. The van der Waals surface area contributed by atoms with Crippen molar-refractivity contribution in [1.82, 2.24) is 0 Å². The summed E-state index contributed by atoms with van der Waals surface area (Å²) in [5.41, 5.74) is 0. The van der Waals surface area contributed by atoms with Crippen LogP contribution in [0.5, 0.6) is 0 Å². The summed E-state index contributed by atoms with van der Waals surface area (Å²) in [7, 11) is -10.0. The fourth-order valence-corrected chi connectivity index (χ4v) is 12.5. The fourth-order valence-electron chi connectivity index (χ4n) is 10.9. The van der Waals surface area contributed by atoms with Gasteiger partial charge in [0.05, 0.1) is 26.4 Å². The van der Waals surface area contributed by atoms with Crippen LogP contribution in [0.25, 0.3) is 0 Å². The second-order valence-electron chi connectivity index (χ2n) is 27.7. The molecule has 17 nitrogen and oxygen atoms in total. The van der Waals surface area contributed by atoms with E-state index in [2.05, 4.69) is 155 Å². The Morgan fingerprint density at radius 2 is 0.500 bits per heavy atom. The van der Waals surface area contributed by atoms with Gasteiger partial charge in [-0.25, -0.2) is 9.13 Å². The molecule has 0 radical (unpaired) electrons. The van der Waals surface area contributed by atoms with Gasteiger partial charge in [0.2, 0.25) is 0 Å². The smallest absolute Gasteiger partial charge is 0.462 e. The van der Waals surface area contributed by atoms with Gasteiger partial charge in [-0.2, -0.15) is 0 Å². The molecule has 0 aliphatic heterocycles. The highest BCUT2D eigenvalue weighted by atomic mass is 31.2. The maximum absolute atomic E-state index is 13.1. The first-order valence-electron chi connectivity index (χ1n) is 42.1. The number of phosphoric acid groups is 2. The summed E-state index contributed by atoms with van der Waals surface area (Å²) in [6.45, 7) is 4.60. The molecule has 0 spiro atoms. The Hall–Kier alpha value is -5.06. The van der Waals surface area contributed by atoms with Crippen molar-refractivity contribution in [3.63, 3.8) is 0 Å². The normalized spacial score (nSPS) is 14.5. The van der Waals surface area contributed by atoms with Gasteiger partial charge in [-0.1, -0.05) is 315 Å². The number of esters is 4. The number of carbonyl (C=O) groups is 4. The van der Waals surface area contributed by atoms with Gasteiger partial charge in [0, 0.05) is 25.7 Å². The largest absolute Gasteiger partial charge is 0.472 e. The highest BCUT2D eigenvalue weighted by molar-refractivity contribution is 7.47. The minimum Gasteiger partial charge on any atom is -0.462 e. The van der Waals surface area contributed by atoms with E-state index in [1.807, 2.05) is 18.2 Å². The van der Waals surface area contributed by atoms with Crippen LogP contribution < -0.4 is 0 Å². The average Bonchev–Trinajstić information content (AvgIpc) is 0.896. The van der Waals surface area contributed by atoms with Crippen LogP contribution in [0.1, 0.15) is 336 Å². The molecule has 0 saturated carbocycles. The van der Waals surface area contributed by atoms with Crippen molar-refractivity contribution in [1.29, 1.82) is 0 Å². The first-order valence-corrected chi connectivity index (χ1v) is 45.1. The molecule has 0 aromatic carbocycles. The van der Waals surface area contributed by atoms with E-state index >= 15 is 0 Å². The zero-order chi connectivity index (χ0) is 78.9. The monoisotopic (exact) mass is 1550 g/mol. The Kier molecular flexibility index (Phi) is 76.3. The van der Waals surface area contributed by atoms with Crippen LogP contribution in [0, 0.1) is 0 Å². The van der Waals surface area contributed by atoms with Gasteiger partial charge in [-0.3, -0.25) is 37.3 Å². The van der Waals surface area contributed by atoms with E-state index in [4.69, 9.17) is 37.0 Å². The van der Waals surface area contributed by atoms with Crippen LogP contribution >= 0.6 is 15.6 Å². The predicted octanol–water partition coefficient (Wildman–Crippen LogP) is 25.0. The van der Waals surface area contributed by atoms with E-state index in [-0.39, 0.29) is 25.7 Å². The summed E-state index contributed by atoms with van der Waals surface area (Å²) in [6, 6.07) is 0. The third-order valence-corrected chi connectivity index (χ3v) is 19.2. The van der Waals surface area contributed by atoms with E-state index in [1.165, 1.54) is 109 Å². The Morgan fingerprint density at radius 3 is 0.824 bits per heavy atom. The lowest BCUT2D eigenvalue weighted by atomic mass is 10.0. The number of aliphatic hydroxyl groups excluding tert-OH is 1. The van der Waals surface area contributed by atoms with Crippen molar-refractivity contribution in [3.05, 3.63) is 146 Å². The van der Waals surface area contributed by atoms with Gasteiger partial charge in [-0.05, 0) is 141 Å². The first-order chi connectivity index (χ1) is 52.7. The molecule has 0 saturated heterocycles. The molecule has 0 bridgehead atoms. The van der Waals surface area contributed by atoms with Crippen LogP contribution in [0.4, 0.5) is 0 Å². The van der Waals surface area contributed by atoms with Gasteiger partial charge >= 0.3 is 39.5 Å². The third-order valence-electron chi connectivity index (χ3n) is 17.3. The molecule has 0 rings (SSSR count). The number of rotatable bonds is 78. The first kappa shape index (κ1) is 103. The number of phosphoric ester groups is 2. The number of hydrogen-bond donors (Lipinski definition) is 3. The minimum atomic E-state index is -5.01. The number of unbranched alkanes of at least 4 members (excludes halogenated alkanes) is 28. The number of hydrogen-bond acceptors (Lipinski definition) is 15. The average molecular weight is 1550 g/mol. The Balaban J connectivity index is 5.49. The SMILES string of the molecule is CC/C=C\C/C=C\C/C=C\C/C=C\C/C=C\CCCCCC(=O)OC[C@H](COP(=O)(O)OC[C@@H](O)COP(=O)(O)OC[C@@H](COC(=O)CCCCCCCCCCCCCCCCC)OC(=O)CCCCCCC/C=C\C/C=C\CCCCC)OC(=O)CC/C=C\C/C=C\C/C=C\C/C=C\C/C=C\CCCCC. The lowest BCUT2D eigenvalue weighted by Gasteiger charge is -2.21. The van der Waals surface area contributed by atoms with E-state index in [1.54, 1.807) is 0 Å². The molecule has 0 aliphatic carbocycles. The number of carbonyl (C=O) groups excluding carboxylic acids is 4. The summed E-state index contributed by atoms with van der Waals surface area (Å²) in [6.07, 6.45) is 92.6. The molecule has 5 atom stereocenters. The second kappa shape index (κ2) is 80.0. The summed E-state index contributed by atoms with van der Waals surface area (Å²) >= 11 is 0. The van der Waals surface area contributed by atoms with Crippen LogP contribution in [0.15, 0.2) is 146 Å². The molecule has 0 aromatic rings. The molecule has 19 heteroatoms. The maximum atomic E-state index is 13.1. The zero-order valence-corrected chi connectivity index (χ0v) is 69.5. The Labute approximate surface area is 656 Å². The number of allylic oxidation sites excluding steroid dienone is 24. The number of ether oxygens (including phenoxy) is 4. The van der Waals surface area contributed by atoms with Crippen molar-refractivity contribution >= 4 is 39.5 Å². The minimum absolute atomic E-state index is 0.0405. The standard InChI is InChI=1S/C89H150O17P2/c1-5-9-13-17-21-25-29-33-37-39-41-43-47-50-54-58-62-66-70-74-87(92)100-80-85(106-89(94)76-72-68-64-60-56-52-48-44-42-40-38-34-30-26-22-18-14-10-6-2)82-104-108(97,98)102-78-83(90)77-101-107(95,96)103-81-84(105-88(93)75-71-67-63-59-55-51-46-36-32-28-24-20-16-12-8-4)79-99-86(91)73-69-65-61-57-53-49-45-35-31-27-23-19-15-11-7-3/h9,13,21-22,24-26,28,33-34,36-38,41-44,46,50,52,54,56,64,68,83-85,90H,5-8,10-12,14-20,23,27,29-32,35,39-40,45,47-49,51,53,55,57-63,65-67,69-82H2,1-4H3,(H,95,96)(H,97,98)/b13-9-,25-21-,26-22-,28-24-,37-33-,38-34-,43-41-,44-42-,46-36-,54-50-,56-52-,68-64-/t83-,84+,85+/m0/s1. The maximum Gasteiger partial charge on any atom is 0.472 e. The van der Waals surface area contributed by atoms with E-state index in [9.17, 15) is 43.2 Å². The molecule has 108 heavy (non-hydrogen) atoms. The molecule has 618 valence electrons. The molecule has 0 aliphatic rings. The van der Waals surface area contributed by atoms with E-state index in [0.29, 0.717) is 32.1 Å². The van der Waals surface area contributed by atoms with Crippen LogP contribution in [-0.2, 0) is 65.4 Å². The molecule has 0 fully saturated rings. The quantitative estimate of drug-likeness (QED) is 0.0169. The highest BCUT2D eigenvalue weighted by Crippen LogP contribution is 2.45. The third kappa shape index (κ3) is 79.0. The molecular weight excluding hydrogens is 1400 g/mol. The van der Waals surface area contributed by atoms with Gasteiger partial charge in [0.1, 0.15) is 19.3 Å². The van der Waals surface area contributed by atoms with Crippen LogP contribution in [0.2, 0.25) is 0 Å². The predicted molar refractivity (Wildman–Crippen MR) is 445 cm³/mol. The van der Waals surface area contributed by atoms with Crippen molar-refractivity contribution in [2.75, 3.05) is 39.6 Å². The Morgan fingerprint density at radius 1 is 0.269 bits per heavy atom. The summed E-state index contributed by atoms with van der Waals surface area (Å²) < 4.78 is 68.6. The van der Waals surface area contributed by atoms with Gasteiger partial charge < -0.3 is 33.8 Å². The molecule has 0 aromatic heterocycles. The van der Waals surface area contributed by atoms with Crippen molar-refractivity contribution in [3.8, 4) is 0 Å². The van der Waals surface area contributed by atoms with Crippen molar-refractivity contribution in [2.24, 2.45) is 0 Å². The zero-order valence-electron chi connectivity index (χ0n) is 67.7. The Bertz CT molecular complexity index is 2610. The molecule has 3 N–H and O–H groups in total. The molecule has 2 unspecified atom stereocenters. The molecular formula is C89H150O17P2. The lowest BCUT2D eigenvalue weighted by Crippen LogP contribution is -2.30. The fraction of sp³-hybridized carbons (Fsp3) is 0.685. The van der Waals surface area contributed by atoms with Crippen LogP contribution in [0.3, 0.4) is 0 Å². The lowest BCUT2D eigenvalue weighted by molar-refractivity contribution is -0.161. The van der Waals surface area contributed by atoms with Crippen LogP contribution in [-0.4, -0.2) is 96.7 Å². The van der Waals surface area contributed by atoms with Gasteiger partial charge in [-0.15, -0.1) is 0 Å². The van der Waals surface area contributed by atoms with E-state index < -0.39 is 97.5 Å². The highest BCUT2D eigenvalue weighted by Gasteiger charge is 2.30. The van der Waals surface area contributed by atoms with Crippen molar-refractivity contribution in [2.45, 2.75) is 354 Å². The van der Waals surface area contributed by atoms with E-state index in [0.717, 1.165) is 141 Å². The molecule has 0 heterocycles. The second-order valence-corrected chi connectivity index (χ2v) is 30.6. The molecule has 0 amide bonds.